The smallest absolute Gasteiger partial charge is 0.251 e. The molecule has 0 heterocycles. The van der Waals surface area contributed by atoms with Gasteiger partial charge in [0.1, 0.15) is 5.82 Å². The zero-order valence-corrected chi connectivity index (χ0v) is 12.4. The second-order valence-electron chi connectivity index (χ2n) is 6.03. The number of hydrogen-bond donors (Lipinski definition) is 2. The summed E-state index contributed by atoms with van der Waals surface area (Å²) in [6, 6.07) is 9.87. The first kappa shape index (κ1) is 15.4. The average molecular weight is 288 g/mol. The molecule has 3 N–H and O–H groups in total. The van der Waals surface area contributed by atoms with E-state index in [-0.39, 0.29) is 17.1 Å². The molecular weight excluding hydrogens is 267 g/mol. The van der Waals surface area contributed by atoms with Gasteiger partial charge in [0.05, 0.1) is 0 Å². The predicted molar refractivity (Wildman–Crippen MR) is 83.7 cm³/mol. The van der Waals surface area contributed by atoms with E-state index < -0.39 is 0 Å². The van der Waals surface area contributed by atoms with Crippen molar-refractivity contribution in [3.8, 4) is 0 Å². The molecule has 0 aromatic heterocycles. The molecular formula is C17H21FN2O. The van der Waals surface area contributed by atoms with E-state index >= 15 is 0 Å². The van der Waals surface area contributed by atoms with E-state index in [1.54, 1.807) is 24.3 Å². The average Bonchev–Trinajstić information content (AvgIpc) is 2.46. The maximum Gasteiger partial charge on any atom is 0.251 e. The van der Waals surface area contributed by atoms with Crippen LogP contribution < -0.4 is 11.1 Å². The third-order valence-corrected chi connectivity index (χ3v) is 3.66. The normalized spacial score (nSPS) is 11.6. The Hall–Kier alpha value is -1.94. The van der Waals surface area contributed by atoms with Crippen molar-refractivity contribution in [1.82, 2.24) is 5.32 Å². The zero-order chi connectivity index (χ0) is 15.5. The molecule has 0 fully saturated rings. The van der Waals surface area contributed by atoms with Gasteiger partial charge >= 0.3 is 0 Å². The van der Waals surface area contributed by atoms with E-state index in [0.717, 1.165) is 6.42 Å². The predicted octanol–water partition coefficient (Wildman–Crippen LogP) is 3.08. The second kappa shape index (κ2) is 6.22. The van der Waals surface area contributed by atoms with Crippen LogP contribution in [0.1, 0.15) is 30.6 Å². The number of nitrogens with two attached hydrogens (primary N) is 1. The highest BCUT2D eigenvalue weighted by Crippen LogP contribution is 2.22. The van der Waals surface area contributed by atoms with Gasteiger partial charge in [-0.3, -0.25) is 4.79 Å². The summed E-state index contributed by atoms with van der Waals surface area (Å²) in [6.45, 7) is 5.24. The molecule has 0 unspecified atom stereocenters. The van der Waals surface area contributed by atoms with Gasteiger partial charge in [-0.05, 0) is 35.9 Å². The van der Waals surface area contributed by atoms with Gasteiger partial charge < -0.3 is 11.1 Å². The van der Waals surface area contributed by atoms with E-state index in [9.17, 15) is 9.18 Å². The lowest BCUT2D eigenvalue weighted by Gasteiger charge is -2.24. The van der Waals surface area contributed by atoms with Gasteiger partial charge in [-0.1, -0.05) is 38.1 Å². The monoisotopic (exact) mass is 288 g/mol. The lowest BCUT2D eigenvalue weighted by atomic mass is 9.89. The van der Waals surface area contributed by atoms with Crippen molar-refractivity contribution in [3.63, 3.8) is 0 Å². The van der Waals surface area contributed by atoms with E-state index in [1.807, 2.05) is 0 Å². The van der Waals surface area contributed by atoms with E-state index in [2.05, 4.69) is 19.2 Å². The van der Waals surface area contributed by atoms with Crippen LogP contribution in [0.25, 0.3) is 10.8 Å². The van der Waals surface area contributed by atoms with Crippen molar-refractivity contribution < 1.29 is 9.18 Å². The first-order valence-corrected chi connectivity index (χ1v) is 7.10. The number of nitrogens with one attached hydrogen (secondary N) is 1. The fraction of sp³-hybridized carbons (Fsp3) is 0.353. The highest BCUT2D eigenvalue weighted by atomic mass is 19.1. The summed E-state index contributed by atoms with van der Waals surface area (Å²) >= 11 is 0. The number of halogens is 1. The Morgan fingerprint density at radius 1 is 1.19 bits per heavy atom. The number of benzene rings is 2. The fourth-order valence-electron chi connectivity index (χ4n) is 2.35. The molecule has 0 aliphatic carbocycles. The molecule has 112 valence electrons. The van der Waals surface area contributed by atoms with Gasteiger partial charge in [-0.2, -0.15) is 0 Å². The lowest BCUT2D eigenvalue weighted by molar-refractivity contribution is 0.0937. The number of rotatable bonds is 5. The van der Waals surface area contributed by atoms with Crippen molar-refractivity contribution >= 4 is 16.7 Å². The molecule has 0 radical (unpaired) electrons. The van der Waals surface area contributed by atoms with Crippen LogP contribution in [0.4, 0.5) is 4.39 Å². The molecule has 2 aromatic rings. The Labute approximate surface area is 124 Å². The van der Waals surface area contributed by atoms with Crippen LogP contribution in [0.15, 0.2) is 36.4 Å². The Bertz CT molecular complexity index is 652. The first-order valence-electron chi connectivity index (χ1n) is 7.10. The van der Waals surface area contributed by atoms with Gasteiger partial charge in [0.15, 0.2) is 0 Å². The highest BCUT2D eigenvalue weighted by Gasteiger charge is 2.19. The third kappa shape index (κ3) is 3.58. The molecule has 0 saturated carbocycles. The Kier molecular flexibility index (Phi) is 4.58. The summed E-state index contributed by atoms with van der Waals surface area (Å²) in [4.78, 5) is 12.4. The summed E-state index contributed by atoms with van der Waals surface area (Å²) in [5.74, 6) is -0.498. The summed E-state index contributed by atoms with van der Waals surface area (Å²) in [5, 5.41) is 4.01. The highest BCUT2D eigenvalue weighted by molar-refractivity contribution is 6.07. The van der Waals surface area contributed by atoms with Crippen molar-refractivity contribution in [2.75, 3.05) is 13.1 Å². The minimum Gasteiger partial charge on any atom is -0.351 e. The van der Waals surface area contributed by atoms with Gasteiger partial charge in [0.2, 0.25) is 0 Å². The van der Waals surface area contributed by atoms with Crippen molar-refractivity contribution in [2.45, 2.75) is 20.3 Å². The molecule has 3 nitrogen and oxygen atoms in total. The van der Waals surface area contributed by atoms with Crippen molar-refractivity contribution in [3.05, 3.63) is 47.8 Å². The number of carbonyl (C=O) groups is 1. The molecule has 0 aliphatic rings. The topological polar surface area (TPSA) is 55.1 Å². The number of hydrogen-bond acceptors (Lipinski definition) is 2. The summed E-state index contributed by atoms with van der Waals surface area (Å²) in [5.41, 5.74) is 6.01. The largest absolute Gasteiger partial charge is 0.351 e. The van der Waals surface area contributed by atoms with Crippen molar-refractivity contribution in [2.24, 2.45) is 11.1 Å². The molecule has 4 heteroatoms. The third-order valence-electron chi connectivity index (χ3n) is 3.66. The van der Waals surface area contributed by atoms with Crippen LogP contribution in [0.3, 0.4) is 0 Å². The molecule has 21 heavy (non-hydrogen) atoms. The quantitative estimate of drug-likeness (QED) is 0.888. The summed E-state index contributed by atoms with van der Waals surface area (Å²) in [6.07, 6.45) is 0.831. The van der Waals surface area contributed by atoms with Gasteiger partial charge in [-0.25, -0.2) is 4.39 Å². The first-order chi connectivity index (χ1) is 9.94. The van der Waals surface area contributed by atoms with Crippen LogP contribution in [0.2, 0.25) is 0 Å². The van der Waals surface area contributed by atoms with Crippen molar-refractivity contribution in [1.29, 1.82) is 0 Å². The van der Waals surface area contributed by atoms with E-state index in [0.29, 0.717) is 29.4 Å². The minimum absolute atomic E-state index is 0.0553. The minimum atomic E-state index is -0.314. The molecule has 0 bridgehead atoms. The molecule has 0 spiro atoms. The fourth-order valence-corrected chi connectivity index (χ4v) is 2.35. The molecule has 1 amide bonds. The molecule has 0 aliphatic heterocycles. The van der Waals surface area contributed by atoms with Gasteiger partial charge in [0, 0.05) is 17.5 Å². The van der Waals surface area contributed by atoms with Gasteiger partial charge in [-0.15, -0.1) is 0 Å². The molecule has 2 aromatic carbocycles. The second-order valence-corrected chi connectivity index (χ2v) is 6.03. The Morgan fingerprint density at radius 3 is 2.52 bits per heavy atom. The number of fused-ring (bicyclic) bond motifs is 1. The van der Waals surface area contributed by atoms with Crippen LogP contribution in [-0.2, 0) is 0 Å². The summed E-state index contributed by atoms with van der Waals surface area (Å²) < 4.78 is 13.8. The lowest BCUT2D eigenvalue weighted by Crippen LogP contribution is -2.35. The van der Waals surface area contributed by atoms with Crippen LogP contribution >= 0.6 is 0 Å². The Balaban J connectivity index is 2.23. The van der Waals surface area contributed by atoms with Gasteiger partial charge in [0.25, 0.3) is 5.91 Å². The molecule has 2 rings (SSSR count). The van der Waals surface area contributed by atoms with Crippen LogP contribution in [-0.4, -0.2) is 19.0 Å². The number of carbonyl (C=O) groups excluding carboxylic acids is 1. The van der Waals surface area contributed by atoms with E-state index in [1.165, 1.54) is 12.1 Å². The van der Waals surface area contributed by atoms with Crippen LogP contribution in [0, 0.1) is 11.2 Å². The molecule has 0 atom stereocenters. The molecule has 0 saturated heterocycles. The standard InChI is InChI=1S/C17H21FN2O/c1-17(2,9-10-19)11-20-16(21)14-7-8-15(18)13-6-4-3-5-12(13)14/h3-8H,9-11,19H2,1-2H3,(H,20,21). The summed E-state index contributed by atoms with van der Waals surface area (Å²) in [7, 11) is 0. The van der Waals surface area contributed by atoms with Crippen LogP contribution in [0.5, 0.6) is 0 Å². The SMILES string of the molecule is CC(C)(CCN)CNC(=O)c1ccc(F)c2ccccc12. The maximum atomic E-state index is 13.8. The maximum absolute atomic E-state index is 13.8. The number of amides is 1. The van der Waals surface area contributed by atoms with E-state index in [4.69, 9.17) is 5.73 Å². The Morgan fingerprint density at radius 2 is 1.86 bits per heavy atom. The zero-order valence-electron chi connectivity index (χ0n) is 12.4.